The van der Waals surface area contributed by atoms with E-state index in [1.807, 2.05) is 29.6 Å². The highest BCUT2D eigenvalue weighted by Gasteiger charge is 2.14. The molecule has 2 aromatic rings. The Morgan fingerprint density at radius 2 is 2.00 bits per heavy atom. The largest absolute Gasteiger partial charge is 0.288 e. The third kappa shape index (κ3) is 2.47. The van der Waals surface area contributed by atoms with Gasteiger partial charge in [-0.15, -0.1) is 11.3 Å². The van der Waals surface area contributed by atoms with Crippen molar-refractivity contribution in [2.75, 3.05) is 0 Å². The highest BCUT2D eigenvalue weighted by atomic mass is 32.1. The van der Waals surface area contributed by atoms with Gasteiger partial charge in [0.15, 0.2) is 0 Å². The summed E-state index contributed by atoms with van der Waals surface area (Å²) in [6, 6.07) is 9.97. The van der Waals surface area contributed by atoms with E-state index >= 15 is 0 Å². The van der Waals surface area contributed by atoms with E-state index in [-0.39, 0.29) is 5.78 Å². The zero-order valence-electron chi connectivity index (χ0n) is 10.2. The van der Waals surface area contributed by atoms with Crippen LogP contribution in [0.25, 0.3) is 0 Å². The van der Waals surface area contributed by atoms with Gasteiger partial charge in [-0.2, -0.15) is 0 Å². The van der Waals surface area contributed by atoms with Crippen molar-refractivity contribution >= 4 is 17.1 Å². The summed E-state index contributed by atoms with van der Waals surface area (Å²) in [5.74, 6) is 0.159. The Morgan fingerprint density at radius 1 is 1.18 bits per heavy atom. The summed E-state index contributed by atoms with van der Waals surface area (Å²) in [7, 11) is 0. The molecule has 0 N–H and O–H groups in total. The lowest BCUT2D eigenvalue weighted by molar-refractivity contribution is 0.104. The lowest BCUT2D eigenvalue weighted by Crippen LogP contribution is -2.02. The predicted molar refractivity (Wildman–Crippen MR) is 72.9 cm³/mol. The smallest absolute Gasteiger partial charge is 0.203 e. The quantitative estimate of drug-likeness (QED) is 0.740. The second-order valence-corrected chi connectivity index (χ2v) is 4.93. The Bertz CT molecular complexity index is 525. The average Bonchev–Trinajstić information content (AvgIpc) is 2.86. The number of rotatable bonds is 4. The van der Waals surface area contributed by atoms with Crippen LogP contribution < -0.4 is 0 Å². The van der Waals surface area contributed by atoms with E-state index in [2.05, 4.69) is 19.9 Å². The van der Waals surface area contributed by atoms with Crippen LogP contribution in [-0.2, 0) is 12.8 Å². The van der Waals surface area contributed by atoms with Crippen molar-refractivity contribution in [1.82, 2.24) is 0 Å². The van der Waals surface area contributed by atoms with Gasteiger partial charge in [0, 0.05) is 5.56 Å². The molecule has 0 aliphatic carbocycles. The normalized spacial score (nSPS) is 10.5. The van der Waals surface area contributed by atoms with E-state index in [1.165, 1.54) is 5.56 Å². The van der Waals surface area contributed by atoms with Crippen LogP contribution in [0.15, 0.2) is 35.7 Å². The molecule has 0 saturated heterocycles. The van der Waals surface area contributed by atoms with Crippen LogP contribution in [0.1, 0.15) is 40.2 Å². The van der Waals surface area contributed by atoms with Gasteiger partial charge in [0.2, 0.25) is 5.78 Å². The summed E-state index contributed by atoms with van der Waals surface area (Å²) in [6.07, 6.45) is 1.88. The number of carbonyl (C=O) groups is 1. The third-order valence-electron chi connectivity index (χ3n) is 2.93. The van der Waals surface area contributed by atoms with Crippen LogP contribution in [0.5, 0.6) is 0 Å². The standard InChI is InChI=1S/C15H16OS/c1-3-11-6-5-7-13(10-11)14(16)15-12(4-2)8-9-17-15/h5-10H,3-4H2,1-2H3. The van der Waals surface area contributed by atoms with E-state index in [0.29, 0.717) is 0 Å². The van der Waals surface area contributed by atoms with Gasteiger partial charge in [-0.05, 0) is 41.5 Å². The highest BCUT2D eigenvalue weighted by Crippen LogP contribution is 2.21. The molecule has 0 fully saturated rings. The lowest BCUT2D eigenvalue weighted by Gasteiger charge is -2.03. The zero-order valence-corrected chi connectivity index (χ0v) is 11.0. The first-order valence-corrected chi connectivity index (χ1v) is 6.84. The molecule has 2 rings (SSSR count). The number of thiophene rings is 1. The van der Waals surface area contributed by atoms with Crippen molar-refractivity contribution in [3.63, 3.8) is 0 Å². The van der Waals surface area contributed by atoms with Gasteiger partial charge in [0.1, 0.15) is 0 Å². The fraction of sp³-hybridized carbons (Fsp3) is 0.267. The van der Waals surface area contributed by atoms with E-state index in [9.17, 15) is 4.79 Å². The van der Waals surface area contributed by atoms with Crippen LogP contribution in [0.2, 0.25) is 0 Å². The van der Waals surface area contributed by atoms with Crippen molar-refractivity contribution in [2.24, 2.45) is 0 Å². The van der Waals surface area contributed by atoms with Gasteiger partial charge in [-0.3, -0.25) is 4.79 Å². The molecule has 1 aromatic carbocycles. The van der Waals surface area contributed by atoms with E-state index in [1.54, 1.807) is 11.3 Å². The highest BCUT2D eigenvalue weighted by molar-refractivity contribution is 7.12. The van der Waals surface area contributed by atoms with Gasteiger partial charge in [-0.25, -0.2) is 0 Å². The number of hydrogen-bond donors (Lipinski definition) is 0. The molecule has 2 heteroatoms. The summed E-state index contributed by atoms with van der Waals surface area (Å²) < 4.78 is 0. The van der Waals surface area contributed by atoms with Crippen LogP contribution in [0.3, 0.4) is 0 Å². The van der Waals surface area contributed by atoms with Gasteiger partial charge in [0.05, 0.1) is 4.88 Å². The first-order chi connectivity index (χ1) is 8.26. The van der Waals surface area contributed by atoms with E-state index in [4.69, 9.17) is 0 Å². The summed E-state index contributed by atoms with van der Waals surface area (Å²) in [4.78, 5) is 13.3. The van der Waals surface area contributed by atoms with Crippen LogP contribution in [0, 0.1) is 0 Å². The molecule has 0 radical (unpaired) electrons. The first kappa shape index (κ1) is 12.1. The van der Waals surface area contributed by atoms with Gasteiger partial charge in [-0.1, -0.05) is 32.0 Å². The van der Waals surface area contributed by atoms with Crippen molar-refractivity contribution in [3.05, 3.63) is 57.3 Å². The zero-order chi connectivity index (χ0) is 12.3. The SMILES string of the molecule is CCc1cccc(C(=O)c2sccc2CC)c1. The summed E-state index contributed by atoms with van der Waals surface area (Å²) >= 11 is 1.54. The Balaban J connectivity index is 2.36. The fourth-order valence-corrected chi connectivity index (χ4v) is 2.83. The molecule has 0 atom stereocenters. The molecule has 1 nitrogen and oxygen atoms in total. The van der Waals surface area contributed by atoms with Crippen LogP contribution in [-0.4, -0.2) is 5.78 Å². The minimum atomic E-state index is 0.159. The molecule has 88 valence electrons. The summed E-state index contributed by atoms with van der Waals surface area (Å²) in [6.45, 7) is 4.19. The minimum Gasteiger partial charge on any atom is -0.288 e. The molecule has 0 amide bonds. The molecular formula is C15H16OS. The van der Waals surface area contributed by atoms with Gasteiger partial charge < -0.3 is 0 Å². The maximum atomic E-state index is 12.4. The Kier molecular flexibility index (Phi) is 3.75. The number of ketones is 1. The van der Waals surface area contributed by atoms with Crippen molar-refractivity contribution < 1.29 is 4.79 Å². The molecule has 0 bridgehead atoms. The van der Waals surface area contributed by atoms with E-state index < -0.39 is 0 Å². The minimum absolute atomic E-state index is 0.159. The summed E-state index contributed by atoms with van der Waals surface area (Å²) in [5.41, 5.74) is 3.17. The van der Waals surface area contributed by atoms with Gasteiger partial charge >= 0.3 is 0 Å². The number of aryl methyl sites for hydroxylation is 2. The maximum absolute atomic E-state index is 12.4. The number of hydrogen-bond acceptors (Lipinski definition) is 2. The maximum Gasteiger partial charge on any atom is 0.203 e. The van der Waals surface area contributed by atoms with Crippen LogP contribution in [0.4, 0.5) is 0 Å². The van der Waals surface area contributed by atoms with E-state index in [0.717, 1.165) is 28.8 Å². The third-order valence-corrected chi connectivity index (χ3v) is 3.89. The number of benzene rings is 1. The molecular weight excluding hydrogens is 228 g/mol. The lowest BCUT2D eigenvalue weighted by atomic mass is 10.0. The van der Waals surface area contributed by atoms with Crippen LogP contribution >= 0.6 is 11.3 Å². The molecule has 17 heavy (non-hydrogen) atoms. The molecule has 0 aliphatic heterocycles. The molecule has 0 spiro atoms. The van der Waals surface area contributed by atoms with Crippen molar-refractivity contribution in [2.45, 2.75) is 26.7 Å². The second-order valence-electron chi connectivity index (χ2n) is 4.01. The Labute approximate surface area is 106 Å². The van der Waals surface area contributed by atoms with Crippen molar-refractivity contribution in [1.29, 1.82) is 0 Å². The predicted octanol–water partition coefficient (Wildman–Crippen LogP) is 4.10. The molecule has 1 heterocycles. The first-order valence-electron chi connectivity index (χ1n) is 5.96. The molecule has 0 unspecified atom stereocenters. The topological polar surface area (TPSA) is 17.1 Å². The van der Waals surface area contributed by atoms with Gasteiger partial charge in [0.25, 0.3) is 0 Å². The van der Waals surface area contributed by atoms with Crippen molar-refractivity contribution in [3.8, 4) is 0 Å². The molecule has 1 aromatic heterocycles. The fourth-order valence-electron chi connectivity index (χ4n) is 1.88. The molecule has 0 saturated carbocycles. The Morgan fingerprint density at radius 3 is 2.71 bits per heavy atom. The molecule has 0 aliphatic rings. The monoisotopic (exact) mass is 244 g/mol. The number of carbonyl (C=O) groups excluding carboxylic acids is 1. The second kappa shape index (κ2) is 5.28. The summed E-state index contributed by atoms with van der Waals surface area (Å²) in [5, 5.41) is 2.00. The average molecular weight is 244 g/mol. The Hall–Kier alpha value is -1.41.